The van der Waals surface area contributed by atoms with Crippen LogP contribution >= 0.6 is 0 Å². The Bertz CT molecular complexity index is 755. The number of piperidine rings is 1. The lowest BCUT2D eigenvalue weighted by Gasteiger charge is -2.35. The number of aryl methyl sites for hydroxylation is 1. The molecular formula is C22H31N3O3. The standard InChI is InChI=1S/C22H31N3O3/c1-14(2)13-23-20(26)17-8-7-15(3)18(12-17)24-21(27)19-6-4-5-11-25(19)22(28)16-9-10-16/h7-8,12,14,16,19H,4-6,9-11,13H2,1-3H3,(H,23,26)(H,24,27). The van der Waals surface area contributed by atoms with Crippen LogP contribution in [0.25, 0.3) is 0 Å². The maximum atomic E-state index is 13.0. The Labute approximate surface area is 167 Å². The van der Waals surface area contributed by atoms with Gasteiger partial charge in [-0.1, -0.05) is 19.9 Å². The summed E-state index contributed by atoms with van der Waals surface area (Å²) in [5.74, 6) is 0.306. The lowest BCUT2D eigenvalue weighted by atomic mass is 10.00. The lowest BCUT2D eigenvalue weighted by molar-refractivity contribution is -0.141. The molecule has 1 aliphatic carbocycles. The number of hydrogen-bond donors (Lipinski definition) is 2. The molecule has 1 aliphatic heterocycles. The van der Waals surface area contributed by atoms with Gasteiger partial charge in [-0.05, 0) is 62.6 Å². The Kier molecular flexibility index (Phi) is 6.37. The number of likely N-dealkylation sites (tertiary alicyclic amines) is 1. The van der Waals surface area contributed by atoms with E-state index in [-0.39, 0.29) is 23.6 Å². The highest BCUT2D eigenvalue weighted by atomic mass is 16.2. The van der Waals surface area contributed by atoms with E-state index in [4.69, 9.17) is 0 Å². The maximum absolute atomic E-state index is 13.0. The van der Waals surface area contributed by atoms with Crippen LogP contribution in [-0.4, -0.2) is 41.8 Å². The number of carbonyl (C=O) groups is 3. The van der Waals surface area contributed by atoms with E-state index in [1.807, 2.05) is 26.8 Å². The molecule has 152 valence electrons. The van der Waals surface area contributed by atoms with Crippen molar-refractivity contribution in [2.24, 2.45) is 11.8 Å². The van der Waals surface area contributed by atoms with Gasteiger partial charge in [-0.25, -0.2) is 0 Å². The summed E-state index contributed by atoms with van der Waals surface area (Å²) in [5, 5.41) is 5.87. The molecule has 1 aromatic carbocycles. The maximum Gasteiger partial charge on any atom is 0.251 e. The molecule has 2 fully saturated rings. The second kappa shape index (κ2) is 8.76. The van der Waals surface area contributed by atoms with Crippen molar-refractivity contribution in [3.63, 3.8) is 0 Å². The van der Waals surface area contributed by atoms with Gasteiger partial charge in [-0.15, -0.1) is 0 Å². The number of amides is 3. The van der Waals surface area contributed by atoms with Crippen LogP contribution in [0, 0.1) is 18.8 Å². The SMILES string of the molecule is Cc1ccc(C(=O)NCC(C)C)cc1NC(=O)C1CCCCN1C(=O)C1CC1. The molecule has 0 radical (unpaired) electrons. The third-order valence-electron chi connectivity index (χ3n) is 5.44. The van der Waals surface area contributed by atoms with Gasteiger partial charge >= 0.3 is 0 Å². The van der Waals surface area contributed by atoms with Crippen LogP contribution < -0.4 is 10.6 Å². The van der Waals surface area contributed by atoms with Gasteiger partial charge in [0.2, 0.25) is 11.8 Å². The summed E-state index contributed by atoms with van der Waals surface area (Å²) in [4.78, 5) is 39.6. The van der Waals surface area contributed by atoms with E-state index in [1.165, 1.54) is 0 Å². The van der Waals surface area contributed by atoms with Gasteiger partial charge in [0.05, 0.1) is 0 Å². The largest absolute Gasteiger partial charge is 0.352 e. The second-order valence-corrected chi connectivity index (χ2v) is 8.44. The highest BCUT2D eigenvalue weighted by molar-refractivity contribution is 6.00. The molecule has 1 unspecified atom stereocenters. The van der Waals surface area contributed by atoms with E-state index < -0.39 is 6.04 Å². The van der Waals surface area contributed by atoms with Crippen LogP contribution in [0.15, 0.2) is 18.2 Å². The summed E-state index contributed by atoms with van der Waals surface area (Å²) in [6, 6.07) is 4.91. The minimum absolute atomic E-state index is 0.114. The quantitative estimate of drug-likeness (QED) is 0.790. The molecule has 0 aromatic heterocycles. The normalized spacial score (nSPS) is 19.4. The molecule has 0 bridgehead atoms. The number of rotatable bonds is 6. The van der Waals surface area contributed by atoms with Crippen molar-refractivity contribution in [2.75, 3.05) is 18.4 Å². The Morgan fingerprint density at radius 1 is 1.14 bits per heavy atom. The Morgan fingerprint density at radius 3 is 2.57 bits per heavy atom. The highest BCUT2D eigenvalue weighted by Gasteiger charge is 2.39. The van der Waals surface area contributed by atoms with Crippen LogP contribution in [0.1, 0.15) is 61.9 Å². The smallest absolute Gasteiger partial charge is 0.251 e. The van der Waals surface area contributed by atoms with Crippen LogP contribution in [0.4, 0.5) is 5.69 Å². The molecule has 1 saturated heterocycles. The zero-order chi connectivity index (χ0) is 20.3. The Hall–Kier alpha value is -2.37. The van der Waals surface area contributed by atoms with Gasteiger partial charge in [0.15, 0.2) is 0 Å². The first-order valence-electron chi connectivity index (χ1n) is 10.4. The zero-order valence-corrected chi connectivity index (χ0v) is 17.1. The number of carbonyl (C=O) groups excluding carboxylic acids is 3. The fourth-order valence-electron chi connectivity index (χ4n) is 3.55. The first kappa shape index (κ1) is 20.4. The van der Waals surface area contributed by atoms with E-state index in [2.05, 4.69) is 10.6 Å². The lowest BCUT2D eigenvalue weighted by Crippen LogP contribution is -2.50. The molecule has 1 saturated carbocycles. The third kappa shape index (κ3) is 4.91. The molecule has 2 aliphatic rings. The van der Waals surface area contributed by atoms with Crippen LogP contribution in [0.5, 0.6) is 0 Å². The second-order valence-electron chi connectivity index (χ2n) is 8.44. The average molecular weight is 386 g/mol. The highest BCUT2D eigenvalue weighted by Crippen LogP contribution is 2.33. The summed E-state index contributed by atoms with van der Waals surface area (Å²) >= 11 is 0. The van der Waals surface area contributed by atoms with Gasteiger partial charge in [-0.3, -0.25) is 14.4 Å². The molecule has 6 nitrogen and oxygen atoms in total. The van der Waals surface area contributed by atoms with E-state index in [9.17, 15) is 14.4 Å². The van der Waals surface area contributed by atoms with Gasteiger partial charge < -0.3 is 15.5 Å². The minimum atomic E-state index is -0.417. The summed E-state index contributed by atoms with van der Waals surface area (Å²) in [7, 11) is 0. The molecule has 6 heteroatoms. The van der Waals surface area contributed by atoms with Crippen molar-refractivity contribution in [1.29, 1.82) is 0 Å². The van der Waals surface area contributed by atoms with Crippen molar-refractivity contribution in [1.82, 2.24) is 10.2 Å². The van der Waals surface area contributed by atoms with Gasteiger partial charge in [0.25, 0.3) is 5.91 Å². The van der Waals surface area contributed by atoms with Gasteiger partial charge in [0.1, 0.15) is 6.04 Å². The first-order chi connectivity index (χ1) is 13.4. The molecule has 1 heterocycles. The molecular weight excluding hydrogens is 354 g/mol. The third-order valence-corrected chi connectivity index (χ3v) is 5.44. The average Bonchev–Trinajstić information content (AvgIpc) is 3.52. The molecule has 2 N–H and O–H groups in total. The van der Waals surface area contributed by atoms with Crippen molar-refractivity contribution >= 4 is 23.4 Å². The summed E-state index contributed by atoms with van der Waals surface area (Å²) in [5.41, 5.74) is 2.05. The van der Waals surface area contributed by atoms with E-state index in [0.717, 1.165) is 31.2 Å². The summed E-state index contributed by atoms with van der Waals surface area (Å²) in [6.45, 7) is 7.25. The molecule has 28 heavy (non-hydrogen) atoms. The van der Waals surface area contributed by atoms with Gasteiger partial charge in [0, 0.05) is 30.3 Å². The van der Waals surface area contributed by atoms with Crippen molar-refractivity contribution in [3.05, 3.63) is 29.3 Å². The van der Waals surface area contributed by atoms with Gasteiger partial charge in [-0.2, -0.15) is 0 Å². The van der Waals surface area contributed by atoms with E-state index in [0.29, 0.717) is 36.7 Å². The van der Waals surface area contributed by atoms with Crippen LogP contribution in [0.3, 0.4) is 0 Å². The van der Waals surface area contributed by atoms with Crippen molar-refractivity contribution in [3.8, 4) is 0 Å². The number of anilines is 1. The van der Waals surface area contributed by atoms with Crippen LogP contribution in [-0.2, 0) is 9.59 Å². The number of nitrogens with zero attached hydrogens (tertiary/aromatic N) is 1. The zero-order valence-electron chi connectivity index (χ0n) is 17.1. The molecule has 1 aromatic rings. The monoisotopic (exact) mass is 385 g/mol. The summed E-state index contributed by atoms with van der Waals surface area (Å²) < 4.78 is 0. The van der Waals surface area contributed by atoms with E-state index in [1.54, 1.807) is 17.0 Å². The Morgan fingerprint density at radius 2 is 1.89 bits per heavy atom. The molecule has 1 atom stereocenters. The fourth-order valence-corrected chi connectivity index (χ4v) is 3.55. The number of hydrogen-bond acceptors (Lipinski definition) is 3. The number of benzene rings is 1. The molecule has 3 rings (SSSR count). The fraction of sp³-hybridized carbons (Fsp3) is 0.591. The first-order valence-corrected chi connectivity index (χ1v) is 10.4. The van der Waals surface area contributed by atoms with Crippen LogP contribution in [0.2, 0.25) is 0 Å². The van der Waals surface area contributed by atoms with Crippen molar-refractivity contribution in [2.45, 2.75) is 58.9 Å². The Balaban J connectivity index is 1.70. The molecule has 3 amide bonds. The van der Waals surface area contributed by atoms with E-state index >= 15 is 0 Å². The summed E-state index contributed by atoms with van der Waals surface area (Å²) in [6.07, 6.45) is 4.47. The van der Waals surface area contributed by atoms with Crippen molar-refractivity contribution < 1.29 is 14.4 Å². The molecule has 0 spiro atoms. The predicted molar refractivity (Wildman–Crippen MR) is 109 cm³/mol. The predicted octanol–water partition coefficient (Wildman–Crippen LogP) is 3.11. The minimum Gasteiger partial charge on any atom is -0.352 e. The topological polar surface area (TPSA) is 78.5 Å². The number of nitrogens with one attached hydrogen (secondary N) is 2.